The zero-order chi connectivity index (χ0) is 24.3. The molecule has 0 saturated carbocycles. The standard InChI is InChI=1S/C25H27N3O5S/c1-17-7-6-8-18(15-17)21-11-10-20(25(30)27-21)24(29)26-19-9-12-22(33-2)23(16-19)34(31,32)28-13-4-3-5-14-28/h6-12,15-16H,3-5,13-14H2,1-2H3,(H,26,29)(H,27,30). The van der Waals surface area contributed by atoms with Crippen LogP contribution >= 0.6 is 0 Å². The first-order chi connectivity index (χ1) is 16.3. The van der Waals surface area contributed by atoms with Crippen LogP contribution in [-0.2, 0) is 10.0 Å². The van der Waals surface area contributed by atoms with E-state index >= 15 is 0 Å². The van der Waals surface area contributed by atoms with E-state index in [9.17, 15) is 18.0 Å². The van der Waals surface area contributed by atoms with Gasteiger partial charge in [-0.1, -0.05) is 30.2 Å². The number of pyridine rings is 1. The molecule has 34 heavy (non-hydrogen) atoms. The Morgan fingerprint density at radius 2 is 1.79 bits per heavy atom. The SMILES string of the molecule is COc1ccc(NC(=O)c2ccc(-c3cccc(C)c3)[nH]c2=O)cc1S(=O)(=O)N1CCCCC1. The average molecular weight is 482 g/mol. The Labute approximate surface area is 198 Å². The summed E-state index contributed by atoms with van der Waals surface area (Å²) in [5.41, 5.74) is 2.13. The third kappa shape index (κ3) is 4.90. The Hall–Kier alpha value is -3.43. The molecule has 1 amide bonds. The second-order valence-electron chi connectivity index (χ2n) is 8.27. The summed E-state index contributed by atoms with van der Waals surface area (Å²) in [6, 6.07) is 15.2. The van der Waals surface area contributed by atoms with E-state index in [0.29, 0.717) is 18.8 Å². The van der Waals surface area contributed by atoms with Crippen LogP contribution in [0, 0.1) is 6.92 Å². The number of hydrogen-bond donors (Lipinski definition) is 2. The molecule has 178 valence electrons. The largest absolute Gasteiger partial charge is 0.495 e. The second-order valence-corrected chi connectivity index (χ2v) is 10.2. The average Bonchev–Trinajstić information content (AvgIpc) is 2.84. The lowest BCUT2D eigenvalue weighted by atomic mass is 10.1. The summed E-state index contributed by atoms with van der Waals surface area (Å²) in [4.78, 5) is 28.2. The molecule has 0 spiro atoms. The van der Waals surface area contributed by atoms with Gasteiger partial charge in [0.25, 0.3) is 11.5 Å². The van der Waals surface area contributed by atoms with Crippen molar-refractivity contribution in [2.75, 3.05) is 25.5 Å². The number of rotatable bonds is 6. The van der Waals surface area contributed by atoms with Crippen LogP contribution in [0.3, 0.4) is 0 Å². The van der Waals surface area contributed by atoms with E-state index in [1.54, 1.807) is 12.1 Å². The van der Waals surface area contributed by atoms with E-state index in [1.807, 2.05) is 31.2 Å². The Morgan fingerprint density at radius 3 is 2.47 bits per heavy atom. The highest BCUT2D eigenvalue weighted by molar-refractivity contribution is 7.89. The molecule has 0 atom stereocenters. The van der Waals surface area contributed by atoms with Crippen LogP contribution in [-0.4, -0.2) is 43.8 Å². The molecule has 1 fully saturated rings. The van der Waals surface area contributed by atoms with Crippen LogP contribution in [0.15, 0.2) is 64.3 Å². The second kappa shape index (κ2) is 9.82. The summed E-state index contributed by atoms with van der Waals surface area (Å²) < 4.78 is 33.1. The molecule has 1 aromatic heterocycles. The molecule has 4 rings (SSSR count). The van der Waals surface area contributed by atoms with Gasteiger partial charge >= 0.3 is 0 Å². The number of aryl methyl sites for hydroxylation is 1. The number of nitrogens with one attached hydrogen (secondary N) is 2. The van der Waals surface area contributed by atoms with Crippen molar-refractivity contribution >= 4 is 21.6 Å². The minimum Gasteiger partial charge on any atom is -0.495 e. The highest BCUT2D eigenvalue weighted by Crippen LogP contribution is 2.31. The molecule has 1 aliphatic heterocycles. The van der Waals surface area contributed by atoms with Crippen LogP contribution in [0.4, 0.5) is 5.69 Å². The molecular weight excluding hydrogens is 454 g/mol. The first-order valence-electron chi connectivity index (χ1n) is 11.1. The van der Waals surface area contributed by atoms with E-state index < -0.39 is 21.5 Å². The number of anilines is 1. The highest BCUT2D eigenvalue weighted by atomic mass is 32.2. The first-order valence-corrected chi connectivity index (χ1v) is 12.5. The van der Waals surface area contributed by atoms with Gasteiger partial charge in [-0.05, 0) is 61.7 Å². The summed E-state index contributed by atoms with van der Waals surface area (Å²) in [5, 5.41) is 2.64. The summed E-state index contributed by atoms with van der Waals surface area (Å²) >= 11 is 0. The highest BCUT2D eigenvalue weighted by Gasteiger charge is 2.29. The van der Waals surface area contributed by atoms with E-state index in [4.69, 9.17) is 4.74 Å². The fourth-order valence-electron chi connectivity index (χ4n) is 4.03. The number of carbonyl (C=O) groups excluding carboxylic acids is 1. The fourth-order valence-corrected chi connectivity index (χ4v) is 5.73. The van der Waals surface area contributed by atoms with Crippen molar-refractivity contribution in [1.82, 2.24) is 9.29 Å². The quantitative estimate of drug-likeness (QED) is 0.557. The van der Waals surface area contributed by atoms with Crippen molar-refractivity contribution in [3.8, 4) is 17.0 Å². The zero-order valence-corrected chi connectivity index (χ0v) is 19.9. The van der Waals surface area contributed by atoms with E-state index in [-0.39, 0.29) is 21.9 Å². The summed E-state index contributed by atoms with van der Waals surface area (Å²) in [6.07, 6.45) is 2.61. The summed E-state index contributed by atoms with van der Waals surface area (Å²) in [5.74, 6) is -0.438. The molecule has 8 nitrogen and oxygen atoms in total. The Bertz CT molecular complexity index is 1380. The molecule has 0 radical (unpaired) electrons. The molecule has 0 unspecified atom stereocenters. The van der Waals surface area contributed by atoms with Crippen LogP contribution in [0.1, 0.15) is 35.2 Å². The van der Waals surface area contributed by atoms with Gasteiger partial charge in [-0.2, -0.15) is 4.31 Å². The van der Waals surface area contributed by atoms with Gasteiger partial charge in [0.1, 0.15) is 16.2 Å². The third-order valence-corrected chi connectivity index (χ3v) is 7.76. The fraction of sp³-hybridized carbons (Fsp3) is 0.280. The maximum atomic E-state index is 13.2. The lowest BCUT2D eigenvalue weighted by Gasteiger charge is -2.26. The summed E-state index contributed by atoms with van der Waals surface area (Å²) in [7, 11) is -2.39. The first kappa shape index (κ1) is 23.7. The topological polar surface area (TPSA) is 109 Å². The molecule has 2 N–H and O–H groups in total. The van der Waals surface area contributed by atoms with Gasteiger partial charge in [0.05, 0.1) is 7.11 Å². The molecule has 1 aliphatic rings. The number of amides is 1. The number of H-pyrrole nitrogens is 1. The smallest absolute Gasteiger partial charge is 0.261 e. The minimum absolute atomic E-state index is 0.0154. The van der Waals surface area contributed by atoms with Crippen LogP contribution in [0.5, 0.6) is 5.75 Å². The van der Waals surface area contributed by atoms with Gasteiger partial charge < -0.3 is 15.0 Å². The molecule has 1 saturated heterocycles. The summed E-state index contributed by atoms with van der Waals surface area (Å²) in [6.45, 7) is 2.85. The van der Waals surface area contributed by atoms with Crippen LogP contribution in [0.25, 0.3) is 11.3 Å². The zero-order valence-electron chi connectivity index (χ0n) is 19.1. The van der Waals surface area contributed by atoms with Crippen LogP contribution < -0.4 is 15.6 Å². The third-order valence-electron chi connectivity index (χ3n) is 5.84. The van der Waals surface area contributed by atoms with Crippen LogP contribution in [0.2, 0.25) is 0 Å². The number of aromatic nitrogens is 1. The molecule has 0 bridgehead atoms. The molecule has 3 aromatic rings. The molecule has 9 heteroatoms. The maximum Gasteiger partial charge on any atom is 0.261 e. The Kier molecular flexibility index (Phi) is 6.85. The van der Waals surface area contributed by atoms with Crippen molar-refractivity contribution in [1.29, 1.82) is 0 Å². The normalized spacial score (nSPS) is 14.5. The van der Waals surface area contributed by atoms with Crippen molar-refractivity contribution in [2.24, 2.45) is 0 Å². The van der Waals surface area contributed by atoms with Gasteiger partial charge in [0, 0.05) is 24.5 Å². The number of nitrogens with zero attached hydrogens (tertiary/aromatic N) is 1. The molecule has 0 aliphatic carbocycles. The predicted molar refractivity (Wildman–Crippen MR) is 131 cm³/mol. The monoisotopic (exact) mass is 481 g/mol. The maximum absolute atomic E-state index is 13.2. The lowest BCUT2D eigenvalue weighted by molar-refractivity contribution is 0.102. The van der Waals surface area contributed by atoms with Gasteiger partial charge in [0.2, 0.25) is 10.0 Å². The number of carbonyl (C=O) groups is 1. The number of methoxy groups -OCH3 is 1. The number of sulfonamides is 1. The predicted octanol–water partition coefficient (Wildman–Crippen LogP) is 3.79. The van der Waals surface area contributed by atoms with Gasteiger partial charge in [0.15, 0.2) is 0 Å². The number of hydrogen-bond acceptors (Lipinski definition) is 5. The van der Waals surface area contributed by atoms with Gasteiger partial charge in [-0.15, -0.1) is 0 Å². The van der Waals surface area contributed by atoms with E-state index in [0.717, 1.165) is 30.4 Å². The van der Waals surface area contributed by atoms with E-state index in [2.05, 4.69) is 10.3 Å². The van der Waals surface area contributed by atoms with Crippen molar-refractivity contribution in [3.63, 3.8) is 0 Å². The van der Waals surface area contributed by atoms with Crippen molar-refractivity contribution in [2.45, 2.75) is 31.1 Å². The van der Waals surface area contributed by atoms with Gasteiger partial charge in [-0.3, -0.25) is 9.59 Å². The Morgan fingerprint density at radius 1 is 1.03 bits per heavy atom. The number of ether oxygens (including phenoxy) is 1. The van der Waals surface area contributed by atoms with Gasteiger partial charge in [-0.25, -0.2) is 8.42 Å². The lowest BCUT2D eigenvalue weighted by Crippen LogP contribution is -2.35. The number of piperidine rings is 1. The Balaban J connectivity index is 1.60. The minimum atomic E-state index is -3.79. The number of aromatic amines is 1. The van der Waals surface area contributed by atoms with Crippen molar-refractivity contribution in [3.05, 3.63) is 76.1 Å². The van der Waals surface area contributed by atoms with Crippen molar-refractivity contribution < 1.29 is 17.9 Å². The molecule has 2 heterocycles. The molecular formula is C25H27N3O5S. The molecule has 2 aromatic carbocycles. The van der Waals surface area contributed by atoms with E-state index in [1.165, 1.54) is 29.6 Å². The number of benzene rings is 2.